The Morgan fingerprint density at radius 3 is 2.24 bits per heavy atom. The minimum atomic E-state index is -1.21. The lowest BCUT2D eigenvalue weighted by molar-refractivity contribution is -0.166. The predicted molar refractivity (Wildman–Crippen MR) is 112 cm³/mol. The molecule has 1 aliphatic rings. The molecule has 14 nitrogen and oxygen atoms in total. The smallest absolute Gasteiger partial charge is 0.303 e. The van der Waals surface area contributed by atoms with Crippen molar-refractivity contribution in [1.82, 2.24) is 14.5 Å². The molecule has 1 saturated heterocycles. The maximum atomic E-state index is 12.2. The highest BCUT2D eigenvalue weighted by atomic mass is 16.7. The van der Waals surface area contributed by atoms with Crippen LogP contribution in [0, 0.1) is 0 Å². The van der Waals surface area contributed by atoms with Gasteiger partial charge in [-0.3, -0.25) is 24.0 Å². The lowest BCUT2D eigenvalue weighted by atomic mass is 10.1. The van der Waals surface area contributed by atoms with Gasteiger partial charge in [-0.25, -0.2) is 9.97 Å². The number of esters is 3. The Morgan fingerprint density at radius 2 is 1.68 bits per heavy atom. The summed E-state index contributed by atoms with van der Waals surface area (Å²) in [5.74, 6) is -3.27. The van der Waals surface area contributed by atoms with Gasteiger partial charge in [0.1, 0.15) is 30.5 Å². The predicted octanol–water partition coefficient (Wildman–Crippen LogP) is -0.187. The van der Waals surface area contributed by atoms with Gasteiger partial charge in [-0.1, -0.05) is 0 Å². The molecular weight excluding hydrogens is 454 g/mol. The van der Waals surface area contributed by atoms with Crippen LogP contribution in [0.2, 0.25) is 0 Å². The SMILES string of the molecule is CC(=O)Nc1ncnc2c1c(C(N)=O)cn2C1OC(COC(C)=O)C(OC(C)=O)C1OC(C)=O. The lowest BCUT2D eigenvalue weighted by Crippen LogP contribution is -2.40. The molecule has 1 aliphatic heterocycles. The zero-order chi connectivity index (χ0) is 25.2. The third-order valence-electron chi connectivity index (χ3n) is 4.78. The Kier molecular flexibility index (Phi) is 7.10. The van der Waals surface area contributed by atoms with E-state index < -0.39 is 54.3 Å². The number of nitrogens with zero attached hydrogens (tertiary/aromatic N) is 3. The third kappa shape index (κ3) is 5.11. The van der Waals surface area contributed by atoms with Crippen molar-refractivity contribution in [1.29, 1.82) is 0 Å². The first-order chi connectivity index (χ1) is 16.0. The van der Waals surface area contributed by atoms with Crippen LogP contribution < -0.4 is 11.1 Å². The Labute approximate surface area is 192 Å². The van der Waals surface area contributed by atoms with E-state index in [1.165, 1.54) is 24.6 Å². The maximum absolute atomic E-state index is 12.2. The summed E-state index contributed by atoms with van der Waals surface area (Å²) in [5.41, 5.74) is 5.61. The molecule has 2 aromatic heterocycles. The number of primary amides is 1. The summed E-state index contributed by atoms with van der Waals surface area (Å²) in [7, 11) is 0. The molecule has 0 aromatic carbocycles. The van der Waals surface area contributed by atoms with Gasteiger partial charge in [0.25, 0.3) is 5.91 Å². The molecule has 1 fully saturated rings. The van der Waals surface area contributed by atoms with Crippen molar-refractivity contribution in [2.45, 2.75) is 52.2 Å². The van der Waals surface area contributed by atoms with Gasteiger partial charge in [0, 0.05) is 33.9 Å². The van der Waals surface area contributed by atoms with Crippen LogP contribution in [0.25, 0.3) is 11.0 Å². The number of fused-ring (bicyclic) bond motifs is 1. The molecule has 182 valence electrons. The molecule has 0 saturated carbocycles. The molecule has 34 heavy (non-hydrogen) atoms. The number of hydrogen-bond acceptors (Lipinski definition) is 11. The van der Waals surface area contributed by atoms with E-state index in [1.54, 1.807) is 0 Å². The molecule has 4 atom stereocenters. The largest absolute Gasteiger partial charge is 0.463 e. The highest BCUT2D eigenvalue weighted by molar-refractivity contribution is 6.11. The number of carbonyl (C=O) groups excluding carboxylic acids is 5. The summed E-state index contributed by atoms with van der Waals surface area (Å²) in [5, 5.41) is 2.63. The van der Waals surface area contributed by atoms with E-state index in [4.69, 9.17) is 24.7 Å². The molecule has 2 amide bonds. The van der Waals surface area contributed by atoms with Crippen molar-refractivity contribution in [2.75, 3.05) is 11.9 Å². The van der Waals surface area contributed by atoms with Crippen LogP contribution in [0.1, 0.15) is 44.3 Å². The van der Waals surface area contributed by atoms with E-state index in [-0.39, 0.29) is 29.0 Å². The topological polar surface area (TPSA) is 191 Å². The number of rotatable bonds is 7. The number of amides is 2. The number of carbonyl (C=O) groups is 5. The zero-order valence-electron chi connectivity index (χ0n) is 18.8. The number of hydrogen-bond donors (Lipinski definition) is 2. The van der Waals surface area contributed by atoms with Crippen LogP contribution >= 0.6 is 0 Å². The van der Waals surface area contributed by atoms with E-state index in [0.717, 1.165) is 20.2 Å². The first-order valence-corrected chi connectivity index (χ1v) is 10.1. The molecule has 0 bridgehead atoms. The standard InChI is InChI=1S/C20H23N5O9/c1-8(26)24-18-14-12(17(21)30)5-25(19(14)23-7-22-18)20-16(33-11(4)29)15(32-10(3)28)13(34-20)6-31-9(2)27/h5,7,13,15-16,20H,6H2,1-4H3,(H2,21,30)(H,22,23,24,26). The normalized spacial score (nSPS) is 21.6. The fourth-order valence-electron chi connectivity index (χ4n) is 3.64. The van der Waals surface area contributed by atoms with Crippen molar-refractivity contribution < 1.29 is 42.9 Å². The summed E-state index contributed by atoms with van der Waals surface area (Å²) < 4.78 is 23.1. The number of aromatic nitrogens is 3. The van der Waals surface area contributed by atoms with Crippen molar-refractivity contribution in [2.24, 2.45) is 5.73 Å². The van der Waals surface area contributed by atoms with E-state index in [1.807, 2.05) is 0 Å². The second-order valence-electron chi connectivity index (χ2n) is 7.43. The van der Waals surface area contributed by atoms with Crippen molar-refractivity contribution in [3.8, 4) is 0 Å². The van der Waals surface area contributed by atoms with E-state index >= 15 is 0 Å². The lowest BCUT2D eigenvalue weighted by Gasteiger charge is -2.24. The fourth-order valence-corrected chi connectivity index (χ4v) is 3.64. The molecule has 14 heteroatoms. The highest BCUT2D eigenvalue weighted by Crippen LogP contribution is 2.38. The van der Waals surface area contributed by atoms with Gasteiger partial charge in [0.05, 0.1) is 10.9 Å². The second-order valence-corrected chi connectivity index (χ2v) is 7.43. The Bertz CT molecular complexity index is 1160. The minimum absolute atomic E-state index is 0.0279. The Morgan fingerprint density at radius 1 is 1.03 bits per heavy atom. The van der Waals surface area contributed by atoms with Gasteiger partial charge in [0.15, 0.2) is 18.4 Å². The number of anilines is 1. The molecule has 0 spiro atoms. The van der Waals surface area contributed by atoms with Gasteiger partial charge in [-0.05, 0) is 0 Å². The van der Waals surface area contributed by atoms with Crippen LogP contribution in [0.15, 0.2) is 12.5 Å². The molecule has 2 aromatic rings. The average Bonchev–Trinajstić information content (AvgIpc) is 3.25. The molecule has 3 heterocycles. The molecular formula is C20H23N5O9. The average molecular weight is 477 g/mol. The van der Waals surface area contributed by atoms with Gasteiger partial charge in [-0.2, -0.15) is 0 Å². The summed E-state index contributed by atoms with van der Waals surface area (Å²) in [6, 6.07) is 0. The Hall–Kier alpha value is -4.07. The first kappa shape index (κ1) is 24.6. The van der Waals surface area contributed by atoms with Gasteiger partial charge in [-0.15, -0.1) is 0 Å². The molecule has 0 aliphatic carbocycles. The van der Waals surface area contributed by atoms with Crippen molar-refractivity contribution >= 4 is 46.6 Å². The molecule has 4 unspecified atom stereocenters. The quantitative estimate of drug-likeness (QED) is 0.397. The summed E-state index contributed by atoms with van der Waals surface area (Å²) in [6.07, 6.45) is -2.12. The Balaban J connectivity index is 2.16. The fraction of sp³-hybridized carbons (Fsp3) is 0.450. The molecule has 3 rings (SSSR count). The molecule has 3 N–H and O–H groups in total. The number of ether oxygens (including phenoxy) is 4. The third-order valence-corrected chi connectivity index (χ3v) is 4.78. The number of nitrogens with two attached hydrogens (primary N) is 1. The van der Waals surface area contributed by atoms with Gasteiger partial charge in [0.2, 0.25) is 5.91 Å². The van der Waals surface area contributed by atoms with E-state index in [2.05, 4.69) is 15.3 Å². The maximum Gasteiger partial charge on any atom is 0.303 e. The summed E-state index contributed by atoms with van der Waals surface area (Å²) >= 11 is 0. The van der Waals surface area contributed by atoms with Crippen LogP contribution in [-0.2, 0) is 38.1 Å². The summed E-state index contributed by atoms with van der Waals surface area (Å²) in [6.45, 7) is 4.45. The van der Waals surface area contributed by atoms with Crippen LogP contribution in [0.4, 0.5) is 5.82 Å². The van der Waals surface area contributed by atoms with E-state index in [9.17, 15) is 24.0 Å². The zero-order valence-corrected chi connectivity index (χ0v) is 18.8. The van der Waals surface area contributed by atoms with Crippen molar-refractivity contribution in [3.05, 3.63) is 18.1 Å². The van der Waals surface area contributed by atoms with E-state index in [0.29, 0.717) is 0 Å². The monoisotopic (exact) mass is 477 g/mol. The van der Waals surface area contributed by atoms with Gasteiger partial charge < -0.3 is 34.6 Å². The molecule has 0 radical (unpaired) electrons. The summed E-state index contributed by atoms with van der Waals surface area (Å²) in [4.78, 5) is 66.9. The highest BCUT2D eigenvalue weighted by Gasteiger charge is 2.51. The van der Waals surface area contributed by atoms with Gasteiger partial charge >= 0.3 is 17.9 Å². The number of nitrogens with one attached hydrogen (secondary N) is 1. The van der Waals surface area contributed by atoms with Crippen LogP contribution in [0.5, 0.6) is 0 Å². The van der Waals surface area contributed by atoms with Crippen molar-refractivity contribution in [3.63, 3.8) is 0 Å². The second kappa shape index (κ2) is 9.82. The van der Waals surface area contributed by atoms with Crippen LogP contribution in [-0.4, -0.2) is 69.2 Å². The minimum Gasteiger partial charge on any atom is -0.463 e. The van der Waals surface area contributed by atoms with Crippen LogP contribution in [0.3, 0.4) is 0 Å². The first-order valence-electron chi connectivity index (χ1n) is 10.1.